The zero-order chi connectivity index (χ0) is 27.4. The maximum atomic E-state index is 12.9. The van der Waals surface area contributed by atoms with Gasteiger partial charge in [-0.2, -0.15) is 22.0 Å². The van der Waals surface area contributed by atoms with Crippen molar-refractivity contribution in [3.63, 3.8) is 0 Å². The Morgan fingerprint density at radius 3 is 1.66 bits per heavy atom. The standard InChI is InChI=1S/C32H35F5O/c1-2-29(25-15-9-7-10-16-25)30(26-17-11-8-12-18-26)27-19-21-28(22-20-27)38-24-14-6-4-3-5-13-23-31(33,34)32(35,36)37/h7-12,15-22H,2-6,13-14,23-24H2,1H3/b30-29+. The first-order valence-electron chi connectivity index (χ1n) is 13.2. The lowest BCUT2D eigenvalue weighted by atomic mass is 9.88. The summed E-state index contributed by atoms with van der Waals surface area (Å²) in [4.78, 5) is 0. The van der Waals surface area contributed by atoms with Crippen molar-refractivity contribution in [2.75, 3.05) is 6.61 Å². The van der Waals surface area contributed by atoms with Crippen molar-refractivity contribution in [1.82, 2.24) is 0 Å². The van der Waals surface area contributed by atoms with Crippen LogP contribution in [0.1, 0.15) is 75.0 Å². The summed E-state index contributed by atoms with van der Waals surface area (Å²) in [5, 5.41) is 0. The largest absolute Gasteiger partial charge is 0.494 e. The molecule has 0 fully saturated rings. The smallest absolute Gasteiger partial charge is 0.453 e. The van der Waals surface area contributed by atoms with Crippen LogP contribution in [0.4, 0.5) is 22.0 Å². The van der Waals surface area contributed by atoms with Crippen LogP contribution in [-0.4, -0.2) is 18.7 Å². The third-order valence-electron chi connectivity index (χ3n) is 6.55. The van der Waals surface area contributed by atoms with Gasteiger partial charge < -0.3 is 4.74 Å². The zero-order valence-corrected chi connectivity index (χ0v) is 21.7. The van der Waals surface area contributed by atoms with E-state index in [0.29, 0.717) is 19.4 Å². The van der Waals surface area contributed by atoms with Crippen LogP contribution in [-0.2, 0) is 0 Å². The zero-order valence-electron chi connectivity index (χ0n) is 21.7. The predicted molar refractivity (Wildman–Crippen MR) is 144 cm³/mol. The Bertz CT molecular complexity index is 1120. The predicted octanol–water partition coefficient (Wildman–Crippen LogP) is 10.4. The molecular weight excluding hydrogens is 495 g/mol. The highest BCUT2D eigenvalue weighted by atomic mass is 19.4. The molecule has 0 aliphatic carbocycles. The van der Waals surface area contributed by atoms with Gasteiger partial charge >= 0.3 is 12.1 Å². The molecule has 0 N–H and O–H groups in total. The number of hydrogen-bond donors (Lipinski definition) is 0. The topological polar surface area (TPSA) is 9.23 Å². The van der Waals surface area contributed by atoms with E-state index in [0.717, 1.165) is 42.6 Å². The average Bonchev–Trinajstić information content (AvgIpc) is 2.91. The summed E-state index contributed by atoms with van der Waals surface area (Å²) in [5.41, 5.74) is 5.93. The molecule has 0 aromatic heterocycles. The summed E-state index contributed by atoms with van der Waals surface area (Å²) in [6.07, 6.45) is -2.41. The third-order valence-corrected chi connectivity index (χ3v) is 6.55. The van der Waals surface area contributed by atoms with Gasteiger partial charge in [0.05, 0.1) is 6.61 Å². The van der Waals surface area contributed by atoms with Gasteiger partial charge in [0.25, 0.3) is 0 Å². The Morgan fingerprint density at radius 1 is 0.605 bits per heavy atom. The van der Waals surface area contributed by atoms with Crippen LogP contribution in [0, 0.1) is 0 Å². The lowest BCUT2D eigenvalue weighted by molar-refractivity contribution is -0.284. The first-order chi connectivity index (χ1) is 18.2. The van der Waals surface area contributed by atoms with Gasteiger partial charge in [-0.25, -0.2) is 0 Å². The van der Waals surface area contributed by atoms with Crippen LogP contribution >= 0.6 is 0 Å². The van der Waals surface area contributed by atoms with E-state index in [-0.39, 0.29) is 6.42 Å². The second-order valence-corrected chi connectivity index (χ2v) is 9.39. The number of rotatable bonds is 14. The lowest BCUT2D eigenvalue weighted by Crippen LogP contribution is -2.36. The van der Waals surface area contributed by atoms with Crippen LogP contribution < -0.4 is 4.74 Å². The van der Waals surface area contributed by atoms with Crippen molar-refractivity contribution in [1.29, 1.82) is 0 Å². The molecule has 38 heavy (non-hydrogen) atoms. The minimum Gasteiger partial charge on any atom is -0.494 e. The fourth-order valence-electron chi connectivity index (χ4n) is 4.49. The van der Waals surface area contributed by atoms with Gasteiger partial charge in [-0.15, -0.1) is 0 Å². The van der Waals surface area contributed by atoms with Crippen molar-refractivity contribution in [3.05, 3.63) is 102 Å². The first kappa shape index (κ1) is 29.4. The number of alkyl halides is 5. The number of unbranched alkanes of at least 4 members (excludes halogenated alkanes) is 5. The molecule has 0 atom stereocenters. The number of benzene rings is 3. The van der Waals surface area contributed by atoms with E-state index >= 15 is 0 Å². The highest BCUT2D eigenvalue weighted by Gasteiger charge is 2.56. The number of ether oxygens (including phenoxy) is 1. The third kappa shape index (κ3) is 8.44. The van der Waals surface area contributed by atoms with E-state index in [1.165, 1.54) is 16.7 Å². The van der Waals surface area contributed by atoms with E-state index in [1.54, 1.807) is 0 Å². The lowest BCUT2D eigenvalue weighted by Gasteiger charge is -2.19. The Labute approximate surface area is 222 Å². The fraction of sp³-hybridized carbons (Fsp3) is 0.375. The van der Waals surface area contributed by atoms with Gasteiger partial charge in [0.15, 0.2) is 0 Å². The van der Waals surface area contributed by atoms with Crippen molar-refractivity contribution in [2.24, 2.45) is 0 Å². The van der Waals surface area contributed by atoms with Crippen LogP contribution in [0.5, 0.6) is 5.75 Å². The summed E-state index contributed by atoms with van der Waals surface area (Å²) >= 11 is 0. The van der Waals surface area contributed by atoms with E-state index in [2.05, 4.69) is 55.5 Å². The van der Waals surface area contributed by atoms with Gasteiger partial charge in [-0.3, -0.25) is 0 Å². The van der Waals surface area contributed by atoms with E-state index in [9.17, 15) is 22.0 Å². The number of hydrogen-bond acceptors (Lipinski definition) is 1. The monoisotopic (exact) mass is 530 g/mol. The second kappa shape index (κ2) is 14.1. The molecule has 0 amide bonds. The Hall–Kier alpha value is -3.15. The maximum Gasteiger partial charge on any atom is 0.453 e. The summed E-state index contributed by atoms with van der Waals surface area (Å²) in [6.45, 7) is 2.69. The normalized spacial score (nSPS) is 12.8. The maximum absolute atomic E-state index is 12.9. The Balaban J connectivity index is 1.51. The van der Waals surface area contributed by atoms with Gasteiger partial charge in [0.2, 0.25) is 0 Å². The van der Waals surface area contributed by atoms with Crippen LogP contribution in [0.15, 0.2) is 84.9 Å². The van der Waals surface area contributed by atoms with E-state index in [1.807, 2.05) is 36.4 Å². The quantitative estimate of drug-likeness (QED) is 0.114. The number of halogens is 5. The molecule has 1 nitrogen and oxygen atoms in total. The average molecular weight is 531 g/mol. The van der Waals surface area contributed by atoms with Gasteiger partial charge in [0, 0.05) is 6.42 Å². The molecule has 0 unspecified atom stereocenters. The minimum absolute atomic E-state index is 0.126. The summed E-state index contributed by atoms with van der Waals surface area (Å²) in [7, 11) is 0. The van der Waals surface area contributed by atoms with Crippen molar-refractivity contribution < 1.29 is 26.7 Å². The van der Waals surface area contributed by atoms with E-state index < -0.39 is 18.5 Å². The van der Waals surface area contributed by atoms with Crippen LogP contribution in [0.2, 0.25) is 0 Å². The SMILES string of the molecule is CC/C(=C(/c1ccccc1)c1ccc(OCCCCCCCCC(F)(F)C(F)(F)F)cc1)c1ccccc1. The molecule has 3 aromatic carbocycles. The summed E-state index contributed by atoms with van der Waals surface area (Å²) < 4.78 is 68.3. The molecule has 0 heterocycles. The molecule has 6 heteroatoms. The molecule has 3 rings (SSSR count). The summed E-state index contributed by atoms with van der Waals surface area (Å²) in [6, 6.07) is 28.8. The van der Waals surface area contributed by atoms with Crippen molar-refractivity contribution in [3.8, 4) is 5.75 Å². The highest BCUT2D eigenvalue weighted by Crippen LogP contribution is 2.39. The molecule has 3 aromatic rings. The van der Waals surface area contributed by atoms with Gasteiger partial charge in [-0.1, -0.05) is 105 Å². The molecule has 0 spiro atoms. The Kier molecular flexibility index (Phi) is 10.9. The molecule has 0 saturated heterocycles. The minimum atomic E-state index is -5.46. The first-order valence-corrected chi connectivity index (χ1v) is 13.2. The Morgan fingerprint density at radius 2 is 1.11 bits per heavy atom. The van der Waals surface area contributed by atoms with Gasteiger partial charge in [-0.05, 0) is 59.2 Å². The second-order valence-electron chi connectivity index (χ2n) is 9.39. The fourth-order valence-corrected chi connectivity index (χ4v) is 4.49. The molecular formula is C32H35F5O. The molecule has 0 aliphatic heterocycles. The molecule has 0 aliphatic rings. The van der Waals surface area contributed by atoms with Crippen molar-refractivity contribution >= 4 is 11.1 Å². The highest BCUT2D eigenvalue weighted by molar-refractivity contribution is 5.98. The van der Waals surface area contributed by atoms with Crippen LogP contribution in [0.25, 0.3) is 11.1 Å². The molecule has 0 radical (unpaired) electrons. The van der Waals surface area contributed by atoms with Gasteiger partial charge in [0.1, 0.15) is 5.75 Å². The molecule has 0 saturated carbocycles. The summed E-state index contributed by atoms with van der Waals surface area (Å²) in [5.74, 6) is -3.82. The van der Waals surface area contributed by atoms with Crippen LogP contribution in [0.3, 0.4) is 0 Å². The molecule has 0 bridgehead atoms. The van der Waals surface area contributed by atoms with E-state index in [4.69, 9.17) is 4.74 Å². The molecule has 204 valence electrons. The van der Waals surface area contributed by atoms with Crippen molar-refractivity contribution in [2.45, 2.75) is 70.4 Å². The number of allylic oxidation sites excluding steroid dienone is 1.